The number of benzene rings is 1. The normalized spacial score (nSPS) is 33.2. The molecule has 3 saturated carbocycles. The number of carbonyl (C=O) groups excluding carboxylic acids is 1. The van der Waals surface area contributed by atoms with Crippen molar-refractivity contribution >= 4 is 39.1 Å². The van der Waals surface area contributed by atoms with E-state index in [2.05, 4.69) is 6.92 Å². The molecule has 1 heterocycles. The van der Waals surface area contributed by atoms with Crippen LogP contribution < -0.4 is 4.74 Å². The summed E-state index contributed by atoms with van der Waals surface area (Å²) < 4.78 is 79.1. The number of aromatic nitrogens is 1. The van der Waals surface area contributed by atoms with Gasteiger partial charge in [-0.1, -0.05) is 63.3 Å². The standard InChI is InChI=1S/C38H50F5NO3S2/c1-4-47-27-12-13-30-31(23-27)49-33(44-30)48-20-10-8-6-5-7-9-11-24-21-25-22-26(45)14-17-34(25,2)28-15-18-35(3)29(32(24)28)16-19-36(35,46)37(39,40)38(41,42)43/h12-13,22-24,28-29,32,46H,4-11,14-21H2,1-3H3/t24-,28+,29+,32-,34+,35+,36+/m1/s1. The van der Waals surface area contributed by atoms with E-state index in [9.17, 15) is 23.1 Å². The van der Waals surface area contributed by atoms with Gasteiger partial charge < -0.3 is 9.84 Å². The molecule has 7 atom stereocenters. The minimum absolute atomic E-state index is 0.0440. The van der Waals surface area contributed by atoms with E-state index < -0.39 is 35.5 Å². The second-order valence-corrected chi connectivity index (χ2v) is 17.9. The molecule has 4 nitrogen and oxygen atoms in total. The van der Waals surface area contributed by atoms with Gasteiger partial charge in [0, 0.05) is 17.6 Å². The van der Waals surface area contributed by atoms with Gasteiger partial charge in [-0.3, -0.25) is 4.79 Å². The van der Waals surface area contributed by atoms with E-state index in [0.717, 1.165) is 76.6 Å². The number of fused-ring (bicyclic) bond motifs is 6. The molecule has 11 heteroatoms. The Hall–Kier alpha value is -1.72. The molecule has 2 aromatic rings. The predicted octanol–water partition coefficient (Wildman–Crippen LogP) is 11.2. The number of unbranched alkanes of at least 4 members (excludes halogenated alkanes) is 5. The molecule has 0 spiro atoms. The first kappa shape index (κ1) is 37.1. The van der Waals surface area contributed by atoms with Crippen LogP contribution >= 0.6 is 23.1 Å². The van der Waals surface area contributed by atoms with E-state index in [1.54, 1.807) is 23.1 Å². The minimum Gasteiger partial charge on any atom is -0.494 e. The van der Waals surface area contributed by atoms with Crippen molar-refractivity contribution in [3.05, 3.63) is 29.8 Å². The Balaban J connectivity index is 1.04. The quantitative estimate of drug-likeness (QED) is 0.126. The molecular weight excluding hydrogens is 678 g/mol. The molecule has 4 aliphatic rings. The van der Waals surface area contributed by atoms with Gasteiger partial charge in [0.15, 0.2) is 10.1 Å². The number of ether oxygens (including phenoxy) is 1. The maximum Gasteiger partial charge on any atom is 0.456 e. The fourth-order valence-corrected chi connectivity index (χ4v) is 12.5. The van der Waals surface area contributed by atoms with Crippen molar-refractivity contribution in [3.63, 3.8) is 0 Å². The summed E-state index contributed by atoms with van der Waals surface area (Å²) >= 11 is 3.49. The van der Waals surface area contributed by atoms with Gasteiger partial charge >= 0.3 is 12.1 Å². The third kappa shape index (κ3) is 6.60. The third-order valence-corrected chi connectivity index (χ3v) is 15.3. The number of allylic oxidation sites excluding steroid dienone is 1. The summed E-state index contributed by atoms with van der Waals surface area (Å²) in [6.45, 7) is 6.29. The smallest absolute Gasteiger partial charge is 0.456 e. The van der Waals surface area contributed by atoms with Crippen LogP contribution in [-0.4, -0.2) is 45.9 Å². The molecule has 1 N–H and O–H groups in total. The van der Waals surface area contributed by atoms with Crippen LogP contribution in [0.5, 0.6) is 5.75 Å². The fourth-order valence-electron chi connectivity index (χ4n) is 10.3. The lowest BCUT2D eigenvalue weighted by molar-refractivity contribution is -0.364. The van der Waals surface area contributed by atoms with Crippen molar-refractivity contribution in [1.29, 1.82) is 0 Å². The molecule has 0 unspecified atom stereocenters. The summed E-state index contributed by atoms with van der Waals surface area (Å²) in [5.41, 5.74) is -2.75. The highest BCUT2D eigenvalue weighted by Crippen LogP contribution is 2.72. The van der Waals surface area contributed by atoms with Crippen molar-refractivity contribution < 1.29 is 36.6 Å². The minimum atomic E-state index is -5.81. The van der Waals surface area contributed by atoms with Crippen LogP contribution in [-0.2, 0) is 4.79 Å². The predicted molar refractivity (Wildman–Crippen MR) is 185 cm³/mol. The van der Waals surface area contributed by atoms with Crippen molar-refractivity contribution in [1.82, 2.24) is 4.98 Å². The maximum absolute atomic E-state index is 15.1. The largest absolute Gasteiger partial charge is 0.494 e. The van der Waals surface area contributed by atoms with Gasteiger partial charge in [-0.25, -0.2) is 4.98 Å². The number of nitrogens with zero attached hydrogens (tertiary/aromatic N) is 1. The monoisotopic (exact) mass is 727 g/mol. The number of aliphatic hydroxyl groups is 1. The summed E-state index contributed by atoms with van der Waals surface area (Å²) in [6.07, 6.45) is 5.40. The number of rotatable bonds is 13. The number of hydrogen-bond donors (Lipinski definition) is 1. The Kier molecular flexibility index (Phi) is 10.6. The van der Waals surface area contributed by atoms with Crippen LogP contribution in [0.25, 0.3) is 10.2 Å². The number of thiazole rings is 1. The lowest BCUT2D eigenvalue weighted by atomic mass is 9.43. The van der Waals surface area contributed by atoms with Crippen LogP contribution in [0.1, 0.15) is 111 Å². The Morgan fingerprint density at radius 3 is 2.45 bits per heavy atom. The van der Waals surface area contributed by atoms with E-state index in [1.165, 1.54) is 6.92 Å². The summed E-state index contributed by atoms with van der Waals surface area (Å²) in [4.78, 5) is 17.2. The van der Waals surface area contributed by atoms with E-state index in [4.69, 9.17) is 9.72 Å². The van der Waals surface area contributed by atoms with Crippen LogP contribution in [0.2, 0.25) is 0 Å². The molecule has 0 aliphatic heterocycles. The first-order valence-electron chi connectivity index (χ1n) is 18.2. The second kappa shape index (κ2) is 14.0. The molecular formula is C38H50F5NO3S2. The molecule has 3 fully saturated rings. The number of thioether (sulfide) groups is 1. The zero-order valence-corrected chi connectivity index (χ0v) is 30.5. The maximum atomic E-state index is 15.1. The van der Waals surface area contributed by atoms with E-state index in [0.29, 0.717) is 32.3 Å². The molecule has 49 heavy (non-hydrogen) atoms. The number of hydrogen-bond acceptors (Lipinski definition) is 6. The number of carbonyl (C=O) groups is 1. The fraction of sp³-hybridized carbons (Fsp3) is 0.737. The third-order valence-electron chi connectivity index (χ3n) is 13.0. The highest BCUT2D eigenvalue weighted by Gasteiger charge is 2.79. The van der Waals surface area contributed by atoms with Gasteiger partial charge in [0.2, 0.25) is 0 Å². The lowest BCUT2D eigenvalue weighted by Crippen LogP contribution is -2.66. The summed E-state index contributed by atoms with van der Waals surface area (Å²) in [6, 6.07) is 6.01. The summed E-state index contributed by atoms with van der Waals surface area (Å²) in [5.74, 6) is -3.40. The van der Waals surface area contributed by atoms with Crippen LogP contribution in [0, 0.1) is 34.5 Å². The number of alkyl halides is 5. The molecule has 272 valence electrons. The van der Waals surface area contributed by atoms with Crippen LogP contribution in [0.4, 0.5) is 22.0 Å². The Morgan fingerprint density at radius 1 is 1.00 bits per heavy atom. The topological polar surface area (TPSA) is 59.4 Å². The molecule has 4 aliphatic carbocycles. The van der Waals surface area contributed by atoms with E-state index in [1.807, 2.05) is 31.2 Å². The Morgan fingerprint density at radius 2 is 1.71 bits per heavy atom. The van der Waals surface area contributed by atoms with Crippen LogP contribution in [0.3, 0.4) is 0 Å². The van der Waals surface area contributed by atoms with E-state index >= 15 is 8.78 Å². The van der Waals surface area contributed by atoms with Gasteiger partial charge in [-0.15, -0.1) is 11.3 Å². The Bertz CT molecular complexity index is 1540. The van der Waals surface area contributed by atoms with Crippen molar-refractivity contribution in [2.75, 3.05) is 12.4 Å². The molecule has 1 aromatic carbocycles. The molecule has 0 radical (unpaired) electrons. The summed E-state index contributed by atoms with van der Waals surface area (Å²) in [5, 5.41) is 11.3. The lowest BCUT2D eigenvalue weighted by Gasteiger charge is -2.62. The second-order valence-electron chi connectivity index (χ2n) is 15.5. The number of halogens is 5. The highest BCUT2D eigenvalue weighted by atomic mass is 32.2. The van der Waals surface area contributed by atoms with Crippen molar-refractivity contribution in [2.45, 2.75) is 133 Å². The van der Waals surface area contributed by atoms with Gasteiger partial charge in [0.05, 0.1) is 16.8 Å². The highest BCUT2D eigenvalue weighted by molar-refractivity contribution is 8.01. The summed E-state index contributed by atoms with van der Waals surface area (Å²) in [7, 11) is 0. The van der Waals surface area contributed by atoms with Crippen molar-refractivity contribution in [3.8, 4) is 5.75 Å². The van der Waals surface area contributed by atoms with Gasteiger partial charge in [0.25, 0.3) is 0 Å². The molecule has 1 aromatic heterocycles. The Labute approximate surface area is 295 Å². The van der Waals surface area contributed by atoms with Gasteiger partial charge in [-0.05, 0) is 112 Å². The van der Waals surface area contributed by atoms with E-state index in [-0.39, 0.29) is 41.8 Å². The zero-order chi connectivity index (χ0) is 35.2. The van der Waals surface area contributed by atoms with Gasteiger partial charge in [-0.2, -0.15) is 22.0 Å². The van der Waals surface area contributed by atoms with Crippen LogP contribution in [0.15, 0.2) is 34.2 Å². The average molecular weight is 728 g/mol. The molecule has 0 bridgehead atoms. The molecule has 0 amide bonds. The average Bonchev–Trinajstić information content (AvgIpc) is 3.58. The SMILES string of the molecule is CCOc1ccc2nc(SCCCCCCCC[C@@H]3CC4=CC(=O)CC[C@]4(C)[C@H]4CC[C@@]5(C)[C@@H](CC[C@@]5(O)C(F)(F)C(F)(F)F)[C@H]34)sc2c1. The van der Waals surface area contributed by atoms with Crippen molar-refractivity contribution in [2.24, 2.45) is 34.5 Å². The zero-order valence-electron chi connectivity index (χ0n) is 28.8. The first-order chi connectivity index (χ1) is 23.1. The molecule has 0 saturated heterocycles. The molecule has 6 rings (SSSR count). The van der Waals surface area contributed by atoms with Gasteiger partial charge in [0.1, 0.15) is 11.4 Å². The first-order valence-corrected chi connectivity index (χ1v) is 20.0. The number of ketones is 1.